The lowest BCUT2D eigenvalue weighted by molar-refractivity contribution is -0.145. The van der Waals surface area contributed by atoms with Crippen molar-refractivity contribution in [2.24, 2.45) is 0 Å². The lowest BCUT2D eigenvalue weighted by Crippen LogP contribution is -2.34. The van der Waals surface area contributed by atoms with Crippen molar-refractivity contribution in [1.82, 2.24) is 5.32 Å². The maximum absolute atomic E-state index is 12.1. The van der Waals surface area contributed by atoms with Crippen molar-refractivity contribution in [3.8, 4) is 5.75 Å². The Morgan fingerprint density at radius 1 is 0.824 bits per heavy atom. The number of amides is 1. The molecule has 0 radical (unpaired) electrons. The monoisotopic (exact) mass is 476 g/mol. The maximum atomic E-state index is 12.1. The number of anilines is 1. The van der Waals surface area contributed by atoms with Crippen LogP contribution in [-0.4, -0.2) is 23.6 Å². The van der Waals surface area contributed by atoms with E-state index >= 15 is 0 Å². The predicted octanol–water partition coefficient (Wildman–Crippen LogP) is 5.03. The molecule has 0 unspecified atom stereocenters. The smallest absolute Gasteiger partial charge is 0.306 e. The van der Waals surface area contributed by atoms with Crippen LogP contribution in [0.5, 0.6) is 5.75 Å². The van der Waals surface area contributed by atoms with Gasteiger partial charge in [-0.05, 0) is 48.3 Å². The van der Waals surface area contributed by atoms with Gasteiger partial charge in [0.25, 0.3) is 0 Å². The number of benzene rings is 3. The number of ether oxygens (including phenoxy) is 2. The minimum Gasteiger partial charge on any atom is -0.489 e. The van der Waals surface area contributed by atoms with Crippen LogP contribution in [0.25, 0.3) is 0 Å². The average Bonchev–Trinajstić information content (AvgIpc) is 2.85. The van der Waals surface area contributed by atoms with Crippen LogP contribution < -0.4 is 15.4 Å². The number of rotatable bonds is 11. The molecule has 0 aliphatic heterocycles. The highest BCUT2D eigenvalue weighted by atomic mass is 32.1. The van der Waals surface area contributed by atoms with E-state index in [0.717, 1.165) is 18.4 Å². The summed E-state index contributed by atoms with van der Waals surface area (Å²) < 4.78 is 11.0. The summed E-state index contributed by atoms with van der Waals surface area (Å²) in [6.45, 7) is 0.784. The third-order valence-corrected chi connectivity index (χ3v) is 5.07. The van der Waals surface area contributed by atoms with E-state index in [2.05, 4.69) is 10.6 Å². The van der Waals surface area contributed by atoms with Crippen molar-refractivity contribution >= 4 is 34.9 Å². The fraction of sp³-hybridized carbons (Fsp3) is 0.222. The van der Waals surface area contributed by atoms with Gasteiger partial charge in [-0.3, -0.25) is 9.59 Å². The first-order valence-electron chi connectivity index (χ1n) is 11.2. The maximum Gasteiger partial charge on any atom is 0.306 e. The molecule has 0 aliphatic carbocycles. The number of aryl methyl sites for hydroxylation is 1. The Morgan fingerprint density at radius 2 is 1.53 bits per heavy atom. The SMILES string of the molecule is O=C(CCC(=O)OCCCc1ccccc1)NC(=S)Nc1cccc(OCc2ccccc2)c1. The van der Waals surface area contributed by atoms with E-state index in [1.807, 2.05) is 78.9 Å². The lowest BCUT2D eigenvalue weighted by Gasteiger charge is -2.11. The largest absolute Gasteiger partial charge is 0.489 e. The van der Waals surface area contributed by atoms with Gasteiger partial charge in [-0.25, -0.2) is 0 Å². The van der Waals surface area contributed by atoms with Gasteiger partial charge in [-0.2, -0.15) is 0 Å². The number of nitrogens with one attached hydrogen (secondary N) is 2. The van der Waals surface area contributed by atoms with E-state index in [1.54, 1.807) is 6.07 Å². The second-order valence-corrected chi connectivity index (χ2v) is 8.02. The molecular weight excluding hydrogens is 448 g/mol. The van der Waals surface area contributed by atoms with E-state index in [1.165, 1.54) is 5.56 Å². The molecular formula is C27H28N2O4S. The van der Waals surface area contributed by atoms with Gasteiger partial charge < -0.3 is 20.1 Å². The van der Waals surface area contributed by atoms with Gasteiger partial charge in [0.2, 0.25) is 5.91 Å². The molecule has 176 valence electrons. The topological polar surface area (TPSA) is 76.7 Å². The average molecular weight is 477 g/mol. The second kappa shape index (κ2) is 13.7. The summed E-state index contributed by atoms with van der Waals surface area (Å²) in [6.07, 6.45) is 1.58. The number of hydrogen-bond donors (Lipinski definition) is 2. The first-order valence-corrected chi connectivity index (χ1v) is 11.6. The van der Waals surface area contributed by atoms with Gasteiger partial charge in [0.1, 0.15) is 12.4 Å². The Hall–Kier alpha value is -3.71. The molecule has 0 aromatic heterocycles. The Morgan fingerprint density at radius 3 is 2.26 bits per heavy atom. The van der Waals surface area contributed by atoms with Crippen molar-refractivity contribution in [2.75, 3.05) is 11.9 Å². The zero-order valence-electron chi connectivity index (χ0n) is 18.9. The predicted molar refractivity (Wildman–Crippen MR) is 137 cm³/mol. The van der Waals surface area contributed by atoms with E-state index in [-0.39, 0.29) is 23.9 Å². The van der Waals surface area contributed by atoms with Crippen LogP contribution in [0.1, 0.15) is 30.4 Å². The number of carbonyl (C=O) groups excluding carboxylic acids is 2. The van der Waals surface area contributed by atoms with Crippen LogP contribution in [0.2, 0.25) is 0 Å². The van der Waals surface area contributed by atoms with Crippen molar-refractivity contribution < 1.29 is 19.1 Å². The first kappa shape index (κ1) is 24.9. The van der Waals surface area contributed by atoms with Crippen LogP contribution >= 0.6 is 12.2 Å². The molecule has 0 aliphatic rings. The summed E-state index contributed by atoms with van der Waals surface area (Å²) in [7, 11) is 0. The van der Waals surface area contributed by atoms with E-state index in [9.17, 15) is 9.59 Å². The molecule has 7 heteroatoms. The van der Waals surface area contributed by atoms with E-state index < -0.39 is 5.97 Å². The summed E-state index contributed by atoms with van der Waals surface area (Å²) in [5.74, 6) is -0.0708. The molecule has 6 nitrogen and oxygen atoms in total. The van der Waals surface area contributed by atoms with Gasteiger partial charge in [0.15, 0.2) is 5.11 Å². The Kier molecular flexibility index (Phi) is 10.1. The van der Waals surface area contributed by atoms with Crippen LogP contribution in [0.15, 0.2) is 84.9 Å². The third-order valence-electron chi connectivity index (χ3n) is 4.87. The molecule has 1 amide bonds. The fourth-order valence-electron chi connectivity index (χ4n) is 3.15. The van der Waals surface area contributed by atoms with Crippen molar-refractivity contribution in [3.63, 3.8) is 0 Å². The Labute approximate surface area is 205 Å². The highest BCUT2D eigenvalue weighted by Gasteiger charge is 2.10. The number of thiocarbonyl (C=S) groups is 1. The standard InChI is InChI=1S/C27H28N2O4S/c30-25(16-17-26(31)32-18-8-13-21-9-3-1-4-10-21)29-27(34)28-23-14-7-15-24(19-23)33-20-22-11-5-2-6-12-22/h1-7,9-12,14-15,19H,8,13,16-18,20H2,(H2,28,29,30,34). The zero-order valence-corrected chi connectivity index (χ0v) is 19.7. The molecule has 0 heterocycles. The van der Waals surface area contributed by atoms with Gasteiger partial charge in [0.05, 0.1) is 13.0 Å². The molecule has 0 bridgehead atoms. The van der Waals surface area contributed by atoms with E-state index in [4.69, 9.17) is 21.7 Å². The quantitative estimate of drug-likeness (QED) is 0.230. The van der Waals surface area contributed by atoms with Crippen LogP contribution in [-0.2, 0) is 27.4 Å². The molecule has 3 aromatic carbocycles. The second-order valence-electron chi connectivity index (χ2n) is 7.61. The molecule has 34 heavy (non-hydrogen) atoms. The normalized spacial score (nSPS) is 10.2. The summed E-state index contributed by atoms with van der Waals surface area (Å²) in [4.78, 5) is 24.0. The molecule has 0 saturated carbocycles. The van der Waals surface area contributed by atoms with Crippen LogP contribution in [0.3, 0.4) is 0 Å². The molecule has 2 N–H and O–H groups in total. The number of hydrogen-bond acceptors (Lipinski definition) is 5. The van der Waals surface area contributed by atoms with Crippen LogP contribution in [0, 0.1) is 0 Å². The molecule has 3 aromatic rings. The van der Waals surface area contributed by atoms with Crippen LogP contribution in [0.4, 0.5) is 5.69 Å². The number of esters is 1. The van der Waals surface area contributed by atoms with Crippen molar-refractivity contribution in [1.29, 1.82) is 0 Å². The minimum atomic E-state index is -0.398. The highest BCUT2D eigenvalue weighted by Crippen LogP contribution is 2.18. The Bertz CT molecular complexity index is 1070. The molecule has 0 fully saturated rings. The summed E-state index contributed by atoms with van der Waals surface area (Å²) in [6, 6.07) is 27.2. The highest BCUT2D eigenvalue weighted by molar-refractivity contribution is 7.80. The van der Waals surface area contributed by atoms with Crippen molar-refractivity contribution in [2.45, 2.75) is 32.3 Å². The molecule has 3 rings (SSSR count). The summed E-state index contributed by atoms with van der Waals surface area (Å²) in [5, 5.41) is 5.70. The zero-order chi connectivity index (χ0) is 24.0. The first-order chi connectivity index (χ1) is 16.6. The molecule has 0 saturated heterocycles. The van der Waals surface area contributed by atoms with Gasteiger partial charge >= 0.3 is 5.97 Å². The number of carbonyl (C=O) groups is 2. The van der Waals surface area contributed by atoms with Crippen molar-refractivity contribution in [3.05, 3.63) is 96.1 Å². The fourth-order valence-corrected chi connectivity index (χ4v) is 3.38. The Balaban J connectivity index is 1.32. The van der Waals surface area contributed by atoms with Gasteiger partial charge in [0, 0.05) is 18.2 Å². The van der Waals surface area contributed by atoms with Gasteiger partial charge in [-0.1, -0.05) is 66.7 Å². The molecule has 0 spiro atoms. The summed E-state index contributed by atoms with van der Waals surface area (Å²) in [5.41, 5.74) is 2.96. The minimum absolute atomic E-state index is 0.000432. The van der Waals surface area contributed by atoms with Gasteiger partial charge in [-0.15, -0.1) is 0 Å². The van der Waals surface area contributed by atoms with E-state index in [0.29, 0.717) is 24.7 Å². The lowest BCUT2D eigenvalue weighted by atomic mass is 10.1. The summed E-state index contributed by atoms with van der Waals surface area (Å²) >= 11 is 5.21. The third kappa shape index (κ3) is 9.42. The molecule has 0 atom stereocenters.